The van der Waals surface area contributed by atoms with Gasteiger partial charge in [-0.05, 0) is 23.8 Å². The first kappa shape index (κ1) is 10.5. The molecular weight excluding hydrogens is 232 g/mol. The Kier molecular flexibility index (Phi) is 3.71. The van der Waals surface area contributed by atoms with Crippen molar-refractivity contribution >= 4 is 15.9 Å². The first-order chi connectivity index (χ1) is 6.09. The zero-order valence-electron chi connectivity index (χ0n) is 7.71. The van der Waals surface area contributed by atoms with E-state index in [1.54, 1.807) is 12.1 Å². The molecule has 1 aromatic carbocycles. The van der Waals surface area contributed by atoms with Crippen molar-refractivity contribution in [2.45, 2.75) is 6.54 Å². The fraction of sp³-hybridized carbons (Fsp3) is 0.333. The number of halogens is 1. The van der Waals surface area contributed by atoms with Gasteiger partial charge >= 0.3 is 0 Å². The summed E-state index contributed by atoms with van der Waals surface area (Å²) in [5.74, 6) is 0.291. The highest BCUT2D eigenvalue weighted by Crippen LogP contribution is 2.21. The highest BCUT2D eigenvalue weighted by molar-refractivity contribution is 9.10. The molecular formula is C9H13BrN2O. The fourth-order valence-corrected chi connectivity index (χ4v) is 1.33. The molecule has 1 aromatic rings. The minimum Gasteiger partial charge on any atom is -0.508 e. The molecule has 72 valence electrons. The average Bonchev–Trinajstić information content (AvgIpc) is 2.06. The van der Waals surface area contributed by atoms with Crippen LogP contribution in [0.4, 0.5) is 0 Å². The number of rotatable bonds is 3. The largest absolute Gasteiger partial charge is 0.508 e. The molecule has 0 spiro atoms. The Bertz CT molecular complexity index is 289. The van der Waals surface area contributed by atoms with Crippen LogP contribution in [0.1, 0.15) is 5.56 Å². The molecule has 0 saturated carbocycles. The number of hydrogen-bond acceptors (Lipinski definition) is 3. The number of aromatic hydroxyl groups is 1. The monoisotopic (exact) mass is 244 g/mol. The molecule has 0 unspecified atom stereocenters. The second-order valence-electron chi connectivity index (χ2n) is 3.01. The Morgan fingerprint density at radius 1 is 1.46 bits per heavy atom. The standard InChI is InChI=1S/C9H13BrN2O/c1-12(2)11-6-7-5-8(13)3-4-9(7)10/h3-5,11,13H,6H2,1-2H3. The quantitative estimate of drug-likeness (QED) is 0.796. The number of hydrazine groups is 1. The lowest BCUT2D eigenvalue weighted by Gasteiger charge is -2.12. The molecule has 3 nitrogen and oxygen atoms in total. The van der Waals surface area contributed by atoms with Crippen molar-refractivity contribution in [3.8, 4) is 5.75 Å². The minimum atomic E-state index is 0.291. The first-order valence-corrected chi connectivity index (χ1v) is 4.77. The lowest BCUT2D eigenvalue weighted by molar-refractivity contribution is 0.285. The van der Waals surface area contributed by atoms with Crippen molar-refractivity contribution in [3.05, 3.63) is 28.2 Å². The van der Waals surface area contributed by atoms with Gasteiger partial charge in [0.25, 0.3) is 0 Å². The van der Waals surface area contributed by atoms with E-state index in [2.05, 4.69) is 21.4 Å². The van der Waals surface area contributed by atoms with Crippen molar-refractivity contribution in [1.29, 1.82) is 0 Å². The number of benzene rings is 1. The Morgan fingerprint density at radius 3 is 2.77 bits per heavy atom. The SMILES string of the molecule is CN(C)NCc1cc(O)ccc1Br. The summed E-state index contributed by atoms with van der Waals surface area (Å²) in [5, 5.41) is 11.1. The Balaban J connectivity index is 2.70. The molecule has 0 aromatic heterocycles. The molecule has 0 bridgehead atoms. The fourth-order valence-electron chi connectivity index (χ4n) is 0.940. The van der Waals surface area contributed by atoms with Crippen molar-refractivity contribution in [2.75, 3.05) is 14.1 Å². The third kappa shape index (κ3) is 3.34. The summed E-state index contributed by atoms with van der Waals surface area (Å²) in [6, 6.07) is 5.23. The number of nitrogens with one attached hydrogen (secondary N) is 1. The predicted octanol–water partition coefficient (Wildman–Crippen LogP) is 1.72. The van der Waals surface area contributed by atoms with Crippen LogP contribution >= 0.6 is 15.9 Å². The smallest absolute Gasteiger partial charge is 0.115 e. The predicted molar refractivity (Wildman–Crippen MR) is 56.3 cm³/mol. The summed E-state index contributed by atoms with van der Waals surface area (Å²) >= 11 is 3.41. The van der Waals surface area contributed by atoms with Crippen molar-refractivity contribution in [2.24, 2.45) is 0 Å². The first-order valence-electron chi connectivity index (χ1n) is 3.98. The number of nitrogens with zero attached hydrogens (tertiary/aromatic N) is 1. The molecule has 0 aliphatic rings. The molecule has 0 aliphatic carbocycles. The third-order valence-electron chi connectivity index (χ3n) is 1.62. The van der Waals surface area contributed by atoms with Crippen LogP contribution in [0.15, 0.2) is 22.7 Å². The van der Waals surface area contributed by atoms with Gasteiger partial charge in [-0.15, -0.1) is 0 Å². The van der Waals surface area contributed by atoms with Gasteiger partial charge in [-0.3, -0.25) is 10.4 Å². The van der Waals surface area contributed by atoms with E-state index < -0.39 is 0 Å². The molecule has 0 aliphatic heterocycles. The molecule has 0 fully saturated rings. The van der Waals surface area contributed by atoms with Crippen LogP contribution in [0.25, 0.3) is 0 Å². The summed E-state index contributed by atoms with van der Waals surface area (Å²) in [6.45, 7) is 0.696. The Morgan fingerprint density at radius 2 is 2.15 bits per heavy atom. The lowest BCUT2D eigenvalue weighted by Crippen LogP contribution is -2.29. The molecule has 0 amide bonds. The molecule has 0 atom stereocenters. The number of phenolic OH excluding ortho intramolecular Hbond substituents is 1. The second kappa shape index (κ2) is 4.60. The zero-order chi connectivity index (χ0) is 9.84. The van der Waals surface area contributed by atoms with Crippen LogP contribution < -0.4 is 5.43 Å². The maximum Gasteiger partial charge on any atom is 0.115 e. The van der Waals surface area contributed by atoms with E-state index in [0.717, 1.165) is 10.0 Å². The summed E-state index contributed by atoms with van der Waals surface area (Å²) in [7, 11) is 3.85. The van der Waals surface area contributed by atoms with Gasteiger partial charge in [0.15, 0.2) is 0 Å². The second-order valence-corrected chi connectivity index (χ2v) is 3.86. The van der Waals surface area contributed by atoms with Gasteiger partial charge in [0.05, 0.1) is 0 Å². The Labute approximate surface area is 86.5 Å². The third-order valence-corrected chi connectivity index (χ3v) is 2.39. The summed E-state index contributed by atoms with van der Waals surface area (Å²) in [5.41, 5.74) is 4.16. The topological polar surface area (TPSA) is 35.5 Å². The van der Waals surface area contributed by atoms with Crippen LogP contribution in [0.2, 0.25) is 0 Å². The van der Waals surface area contributed by atoms with Gasteiger partial charge in [-0.25, -0.2) is 0 Å². The maximum atomic E-state index is 9.24. The van der Waals surface area contributed by atoms with Gasteiger partial charge in [0.2, 0.25) is 0 Å². The molecule has 13 heavy (non-hydrogen) atoms. The van der Waals surface area contributed by atoms with E-state index in [0.29, 0.717) is 12.3 Å². The van der Waals surface area contributed by atoms with Gasteiger partial charge in [0.1, 0.15) is 5.75 Å². The highest BCUT2D eigenvalue weighted by Gasteiger charge is 2.00. The minimum absolute atomic E-state index is 0.291. The van der Waals surface area contributed by atoms with Gasteiger partial charge in [0, 0.05) is 25.1 Å². The zero-order valence-corrected chi connectivity index (χ0v) is 9.30. The van der Waals surface area contributed by atoms with Crippen LogP contribution in [-0.2, 0) is 6.54 Å². The van der Waals surface area contributed by atoms with E-state index in [1.165, 1.54) is 0 Å². The van der Waals surface area contributed by atoms with Crippen LogP contribution in [-0.4, -0.2) is 24.2 Å². The molecule has 0 saturated heterocycles. The Hall–Kier alpha value is -0.580. The van der Waals surface area contributed by atoms with E-state index in [1.807, 2.05) is 25.2 Å². The summed E-state index contributed by atoms with van der Waals surface area (Å²) < 4.78 is 1.000. The van der Waals surface area contributed by atoms with Crippen molar-refractivity contribution in [3.63, 3.8) is 0 Å². The highest BCUT2D eigenvalue weighted by atomic mass is 79.9. The van der Waals surface area contributed by atoms with Crippen LogP contribution in [0.3, 0.4) is 0 Å². The van der Waals surface area contributed by atoms with E-state index in [4.69, 9.17) is 0 Å². The number of phenols is 1. The average molecular weight is 245 g/mol. The summed E-state index contributed by atoms with van der Waals surface area (Å²) in [6.07, 6.45) is 0. The molecule has 4 heteroatoms. The normalized spacial score (nSPS) is 10.8. The maximum absolute atomic E-state index is 9.24. The molecule has 0 radical (unpaired) electrons. The number of hydrogen-bond donors (Lipinski definition) is 2. The van der Waals surface area contributed by atoms with Crippen LogP contribution in [0, 0.1) is 0 Å². The lowest BCUT2D eigenvalue weighted by atomic mass is 10.2. The van der Waals surface area contributed by atoms with E-state index in [-0.39, 0.29) is 0 Å². The summed E-state index contributed by atoms with van der Waals surface area (Å²) in [4.78, 5) is 0. The molecule has 0 heterocycles. The molecule has 2 N–H and O–H groups in total. The van der Waals surface area contributed by atoms with Gasteiger partial charge in [-0.1, -0.05) is 15.9 Å². The van der Waals surface area contributed by atoms with E-state index >= 15 is 0 Å². The van der Waals surface area contributed by atoms with Crippen molar-refractivity contribution < 1.29 is 5.11 Å². The van der Waals surface area contributed by atoms with E-state index in [9.17, 15) is 5.11 Å². The van der Waals surface area contributed by atoms with Crippen LogP contribution in [0.5, 0.6) is 5.75 Å². The molecule has 1 rings (SSSR count). The van der Waals surface area contributed by atoms with Crippen molar-refractivity contribution in [1.82, 2.24) is 10.4 Å². The van der Waals surface area contributed by atoms with Gasteiger partial charge in [-0.2, -0.15) is 0 Å². The van der Waals surface area contributed by atoms with Gasteiger partial charge < -0.3 is 5.11 Å².